The van der Waals surface area contributed by atoms with E-state index < -0.39 is 0 Å². The Bertz CT molecular complexity index is 292. The van der Waals surface area contributed by atoms with Crippen LogP contribution in [0.1, 0.15) is 17.5 Å². The summed E-state index contributed by atoms with van der Waals surface area (Å²) in [5.41, 5.74) is 2.62. The molecule has 16 heavy (non-hydrogen) atoms. The minimum atomic E-state index is 0.764. The molecule has 0 fully saturated rings. The monoisotopic (exact) mass is 219 g/mol. The lowest BCUT2D eigenvalue weighted by atomic mass is 10.1. The van der Waals surface area contributed by atoms with Crippen LogP contribution in [-0.4, -0.2) is 19.8 Å². The van der Waals surface area contributed by atoms with Crippen LogP contribution in [0.3, 0.4) is 0 Å². The van der Waals surface area contributed by atoms with Gasteiger partial charge in [-0.15, -0.1) is 6.58 Å². The third-order valence-corrected chi connectivity index (χ3v) is 2.34. The van der Waals surface area contributed by atoms with Crippen molar-refractivity contribution in [1.82, 2.24) is 5.32 Å². The largest absolute Gasteiger partial charge is 0.380 e. The summed E-state index contributed by atoms with van der Waals surface area (Å²) in [5, 5.41) is 3.35. The molecule has 1 aromatic rings. The molecule has 0 amide bonds. The van der Waals surface area contributed by atoms with Crippen LogP contribution in [0.5, 0.6) is 0 Å². The second kappa shape index (κ2) is 8.08. The fourth-order valence-corrected chi connectivity index (χ4v) is 1.35. The van der Waals surface area contributed by atoms with Crippen LogP contribution in [-0.2, 0) is 11.3 Å². The molecule has 0 aliphatic rings. The van der Waals surface area contributed by atoms with E-state index in [9.17, 15) is 0 Å². The third kappa shape index (κ3) is 5.69. The summed E-state index contributed by atoms with van der Waals surface area (Å²) in [7, 11) is 0. The Balaban J connectivity index is 2.02. The van der Waals surface area contributed by atoms with E-state index in [2.05, 4.69) is 43.1 Å². The Hall–Kier alpha value is -1.12. The van der Waals surface area contributed by atoms with Crippen LogP contribution in [0, 0.1) is 6.92 Å². The maximum atomic E-state index is 5.40. The summed E-state index contributed by atoms with van der Waals surface area (Å²) in [5.74, 6) is 0. The molecule has 0 unspecified atom stereocenters. The van der Waals surface area contributed by atoms with Gasteiger partial charge in [0.25, 0.3) is 0 Å². The lowest BCUT2D eigenvalue weighted by Gasteiger charge is -2.05. The SMILES string of the molecule is C=CCCOCCNCc1ccc(C)cc1. The fourth-order valence-electron chi connectivity index (χ4n) is 1.35. The van der Waals surface area contributed by atoms with Gasteiger partial charge in [-0.3, -0.25) is 0 Å². The lowest BCUT2D eigenvalue weighted by Crippen LogP contribution is -2.19. The lowest BCUT2D eigenvalue weighted by molar-refractivity contribution is 0.140. The Labute approximate surface area is 98.3 Å². The quantitative estimate of drug-likeness (QED) is 0.536. The van der Waals surface area contributed by atoms with Crippen molar-refractivity contribution in [2.24, 2.45) is 0 Å². The summed E-state index contributed by atoms with van der Waals surface area (Å²) in [6.07, 6.45) is 2.80. The van der Waals surface area contributed by atoms with E-state index in [0.29, 0.717) is 0 Å². The van der Waals surface area contributed by atoms with E-state index in [0.717, 1.165) is 32.7 Å². The van der Waals surface area contributed by atoms with Crippen LogP contribution < -0.4 is 5.32 Å². The smallest absolute Gasteiger partial charge is 0.0591 e. The van der Waals surface area contributed by atoms with E-state index in [-0.39, 0.29) is 0 Å². The molecule has 2 heteroatoms. The second-order valence-electron chi connectivity index (χ2n) is 3.85. The van der Waals surface area contributed by atoms with Crippen LogP contribution in [0.15, 0.2) is 36.9 Å². The van der Waals surface area contributed by atoms with Gasteiger partial charge in [-0.1, -0.05) is 35.9 Å². The highest BCUT2D eigenvalue weighted by Crippen LogP contribution is 2.01. The highest BCUT2D eigenvalue weighted by molar-refractivity contribution is 5.20. The molecule has 88 valence electrons. The summed E-state index contributed by atoms with van der Waals surface area (Å²) in [6.45, 7) is 9.09. The molecule has 0 aliphatic carbocycles. The Morgan fingerprint density at radius 3 is 2.69 bits per heavy atom. The van der Waals surface area contributed by atoms with Gasteiger partial charge in [0.1, 0.15) is 0 Å². The summed E-state index contributed by atoms with van der Waals surface area (Å²) in [6, 6.07) is 8.58. The zero-order chi connectivity index (χ0) is 11.6. The van der Waals surface area contributed by atoms with Crippen molar-refractivity contribution in [3.05, 3.63) is 48.0 Å². The second-order valence-corrected chi connectivity index (χ2v) is 3.85. The van der Waals surface area contributed by atoms with Crippen molar-refractivity contribution in [1.29, 1.82) is 0 Å². The highest BCUT2D eigenvalue weighted by atomic mass is 16.5. The number of ether oxygens (including phenoxy) is 1. The molecular formula is C14H21NO. The zero-order valence-electron chi connectivity index (χ0n) is 10.0. The predicted molar refractivity (Wildman–Crippen MR) is 68.5 cm³/mol. The first-order valence-corrected chi connectivity index (χ1v) is 5.78. The topological polar surface area (TPSA) is 21.3 Å². The van der Waals surface area contributed by atoms with Gasteiger partial charge in [-0.05, 0) is 18.9 Å². The number of hydrogen-bond acceptors (Lipinski definition) is 2. The van der Waals surface area contributed by atoms with Crippen LogP contribution in [0.25, 0.3) is 0 Å². The standard InChI is InChI=1S/C14H21NO/c1-3-4-10-16-11-9-15-12-14-7-5-13(2)6-8-14/h3,5-8,15H,1,4,9-12H2,2H3. The first-order chi connectivity index (χ1) is 7.83. The number of hydrogen-bond donors (Lipinski definition) is 1. The van der Waals surface area contributed by atoms with E-state index in [4.69, 9.17) is 4.74 Å². The Morgan fingerprint density at radius 2 is 2.00 bits per heavy atom. The molecule has 1 N–H and O–H groups in total. The Morgan fingerprint density at radius 1 is 1.25 bits per heavy atom. The summed E-state index contributed by atoms with van der Waals surface area (Å²) >= 11 is 0. The van der Waals surface area contributed by atoms with Crippen LogP contribution in [0.4, 0.5) is 0 Å². The maximum Gasteiger partial charge on any atom is 0.0591 e. The molecular weight excluding hydrogens is 198 g/mol. The van der Waals surface area contributed by atoms with Crippen molar-refractivity contribution >= 4 is 0 Å². The van der Waals surface area contributed by atoms with Crippen molar-refractivity contribution in [2.75, 3.05) is 19.8 Å². The van der Waals surface area contributed by atoms with Crippen molar-refractivity contribution in [3.8, 4) is 0 Å². The average Bonchev–Trinajstić information content (AvgIpc) is 2.30. The van der Waals surface area contributed by atoms with E-state index in [1.165, 1.54) is 11.1 Å². The van der Waals surface area contributed by atoms with Crippen molar-refractivity contribution in [3.63, 3.8) is 0 Å². The van der Waals surface area contributed by atoms with Gasteiger partial charge < -0.3 is 10.1 Å². The molecule has 0 saturated carbocycles. The van der Waals surface area contributed by atoms with E-state index >= 15 is 0 Å². The number of rotatable bonds is 8. The number of benzene rings is 1. The van der Waals surface area contributed by atoms with Gasteiger partial charge in [-0.25, -0.2) is 0 Å². The average molecular weight is 219 g/mol. The molecule has 0 bridgehead atoms. The molecule has 1 rings (SSSR count). The molecule has 0 aromatic heterocycles. The first-order valence-electron chi connectivity index (χ1n) is 5.78. The van der Waals surface area contributed by atoms with Gasteiger partial charge in [0.05, 0.1) is 13.2 Å². The molecule has 1 aromatic carbocycles. The summed E-state index contributed by atoms with van der Waals surface area (Å²) in [4.78, 5) is 0. The summed E-state index contributed by atoms with van der Waals surface area (Å²) < 4.78 is 5.40. The number of nitrogens with one attached hydrogen (secondary N) is 1. The van der Waals surface area contributed by atoms with E-state index in [1.807, 2.05) is 6.08 Å². The molecule has 0 radical (unpaired) electrons. The third-order valence-electron chi connectivity index (χ3n) is 2.34. The van der Waals surface area contributed by atoms with Gasteiger partial charge in [0.15, 0.2) is 0 Å². The minimum absolute atomic E-state index is 0.764. The molecule has 2 nitrogen and oxygen atoms in total. The molecule has 0 saturated heterocycles. The molecule has 0 spiro atoms. The van der Waals surface area contributed by atoms with Gasteiger partial charge in [0.2, 0.25) is 0 Å². The van der Waals surface area contributed by atoms with Crippen LogP contribution >= 0.6 is 0 Å². The molecule has 0 atom stereocenters. The minimum Gasteiger partial charge on any atom is -0.380 e. The first kappa shape index (κ1) is 12.9. The number of aryl methyl sites for hydroxylation is 1. The maximum absolute atomic E-state index is 5.40. The zero-order valence-corrected chi connectivity index (χ0v) is 10.0. The van der Waals surface area contributed by atoms with E-state index in [1.54, 1.807) is 0 Å². The van der Waals surface area contributed by atoms with Crippen molar-refractivity contribution < 1.29 is 4.74 Å². The van der Waals surface area contributed by atoms with Crippen molar-refractivity contribution in [2.45, 2.75) is 19.9 Å². The predicted octanol–water partition coefficient (Wildman–Crippen LogP) is 2.68. The van der Waals surface area contributed by atoms with Crippen LogP contribution in [0.2, 0.25) is 0 Å². The molecule has 0 heterocycles. The highest BCUT2D eigenvalue weighted by Gasteiger charge is 1.92. The van der Waals surface area contributed by atoms with Gasteiger partial charge in [0, 0.05) is 13.1 Å². The normalized spacial score (nSPS) is 10.3. The molecule has 0 aliphatic heterocycles. The van der Waals surface area contributed by atoms with Gasteiger partial charge in [-0.2, -0.15) is 0 Å². The Kier molecular flexibility index (Phi) is 6.54. The van der Waals surface area contributed by atoms with Gasteiger partial charge >= 0.3 is 0 Å². The fraction of sp³-hybridized carbons (Fsp3) is 0.429.